The van der Waals surface area contributed by atoms with Crippen molar-refractivity contribution in [3.8, 4) is 0 Å². The van der Waals surface area contributed by atoms with Crippen LogP contribution in [0.15, 0.2) is 66.1 Å². The average Bonchev–Trinajstić information content (AvgIpc) is 3.56. The Kier molecular flexibility index (Phi) is 7.96. The summed E-state index contributed by atoms with van der Waals surface area (Å²) in [4.78, 5) is 30.9. The van der Waals surface area contributed by atoms with Crippen molar-refractivity contribution in [3.63, 3.8) is 0 Å². The third-order valence-electron chi connectivity index (χ3n) is 10.2. The van der Waals surface area contributed by atoms with Crippen LogP contribution in [0.5, 0.6) is 0 Å². The van der Waals surface area contributed by atoms with Crippen LogP contribution in [0, 0.1) is 29.6 Å². The fourth-order valence-corrected chi connectivity index (χ4v) is 8.10. The van der Waals surface area contributed by atoms with Gasteiger partial charge in [-0.15, -0.1) is 0 Å². The van der Waals surface area contributed by atoms with Crippen LogP contribution in [-0.2, 0) is 28.5 Å². The molecule has 4 bridgehead atoms. The van der Waals surface area contributed by atoms with Crippen LogP contribution < -0.4 is 0 Å². The lowest BCUT2D eigenvalue weighted by Gasteiger charge is -2.48. The molecule has 1 aromatic heterocycles. The average molecular weight is 592 g/mol. The molecule has 12 atom stereocenters. The van der Waals surface area contributed by atoms with Gasteiger partial charge in [-0.1, -0.05) is 44.2 Å². The summed E-state index contributed by atoms with van der Waals surface area (Å²) in [5.41, 5.74) is 2.35. The second kappa shape index (κ2) is 11.4. The maximum atomic E-state index is 13.5. The first-order valence-corrected chi connectivity index (χ1v) is 15.2. The molecule has 230 valence electrons. The zero-order chi connectivity index (χ0) is 30.6. The van der Waals surface area contributed by atoms with Crippen LogP contribution in [0.4, 0.5) is 0 Å². The zero-order valence-electron chi connectivity index (χ0n) is 25.3. The molecular weight excluding hydrogens is 550 g/mol. The predicted octanol–water partition coefficient (Wildman–Crippen LogP) is 3.57. The van der Waals surface area contributed by atoms with Crippen LogP contribution >= 0.6 is 0 Å². The topological polar surface area (TPSA) is 124 Å². The van der Waals surface area contributed by atoms with Gasteiger partial charge in [-0.25, -0.2) is 9.59 Å². The van der Waals surface area contributed by atoms with E-state index in [0.29, 0.717) is 12.0 Å². The lowest BCUT2D eigenvalue weighted by molar-refractivity contribution is -0.173. The quantitative estimate of drug-likeness (QED) is 0.391. The zero-order valence-corrected chi connectivity index (χ0v) is 25.3. The van der Waals surface area contributed by atoms with Gasteiger partial charge in [0.1, 0.15) is 23.9 Å². The molecule has 1 spiro atoms. The van der Waals surface area contributed by atoms with Crippen molar-refractivity contribution in [2.45, 2.75) is 82.8 Å². The molecule has 6 rings (SSSR count). The number of esters is 2. The van der Waals surface area contributed by atoms with E-state index in [-0.39, 0.29) is 36.0 Å². The minimum Gasteiger partial charge on any atom is -0.457 e. The standard InChI is InChI=1S/C34H41NO8/c1-17-13-18(2)34-24(15-26(40-5)33(39)41-29(17)20(4)36)10-11-25-27(34)28(37)19(3)30(31(25)43-34)42-32(38)22-9-8-21(14-22)23-7-6-12-35-16-23/h6-8,10-14,16-17,19-20,24-31,36-37H,9,15H2,1-5H3/b18-13+/t17-,19-,20-,24-,25?,26+,27?,28?,29+,30-,31-,34+/m1/s1. The van der Waals surface area contributed by atoms with E-state index < -0.39 is 54.2 Å². The summed E-state index contributed by atoms with van der Waals surface area (Å²) < 4.78 is 24.6. The number of carbonyl (C=O) groups excluding carboxylic acids is 2. The molecule has 0 aromatic carbocycles. The smallest absolute Gasteiger partial charge is 0.335 e. The molecule has 9 nitrogen and oxygen atoms in total. The highest BCUT2D eigenvalue weighted by Gasteiger charge is 2.69. The van der Waals surface area contributed by atoms with Crippen molar-refractivity contribution in [1.29, 1.82) is 0 Å². The van der Waals surface area contributed by atoms with Crippen molar-refractivity contribution in [2.24, 2.45) is 29.6 Å². The minimum atomic E-state index is -0.952. The first-order valence-electron chi connectivity index (χ1n) is 15.2. The Morgan fingerprint density at radius 3 is 2.74 bits per heavy atom. The minimum absolute atomic E-state index is 0.191. The Labute approximate surface area is 252 Å². The van der Waals surface area contributed by atoms with Crippen molar-refractivity contribution in [2.75, 3.05) is 7.11 Å². The monoisotopic (exact) mass is 591 g/mol. The fourth-order valence-electron chi connectivity index (χ4n) is 8.10. The molecular formula is C34H41NO8. The van der Waals surface area contributed by atoms with Gasteiger partial charge in [-0.05, 0) is 55.5 Å². The van der Waals surface area contributed by atoms with E-state index in [2.05, 4.69) is 17.1 Å². The Balaban J connectivity index is 1.33. The lowest BCUT2D eigenvalue weighted by Crippen LogP contribution is -2.57. The van der Waals surface area contributed by atoms with Gasteiger partial charge in [0.2, 0.25) is 0 Å². The molecule has 2 aliphatic heterocycles. The number of allylic oxidation sites excluding steroid dienone is 3. The molecule has 1 saturated carbocycles. The molecule has 43 heavy (non-hydrogen) atoms. The van der Waals surface area contributed by atoms with Crippen LogP contribution in [0.1, 0.15) is 46.1 Å². The molecule has 3 heterocycles. The van der Waals surface area contributed by atoms with E-state index in [9.17, 15) is 19.8 Å². The number of aliphatic hydroxyl groups excluding tert-OH is 2. The fraction of sp³-hybridized carbons (Fsp3) is 0.559. The number of ether oxygens (including phenoxy) is 4. The second-order valence-electron chi connectivity index (χ2n) is 12.8. The van der Waals surface area contributed by atoms with Crippen LogP contribution in [0.2, 0.25) is 0 Å². The summed E-state index contributed by atoms with van der Waals surface area (Å²) in [6.45, 7) is 7.39. The highest BCUT2D eigenvalue weighted by molar-refractivity contribution is 5.95. The number of cyclic esters (lactones) is 1. The number of aliphatic hydroxyl groups is 2. The van der Waals surface area contributed by atoms with Crippen LogP contribution in [0.3, 0.4) is 0 Å². The summed E-state index contributed by atoms with van der Waals surface area (Å²) in [6, 6.07) is 3.81. The third-order valence-corrected chi connectivity index (χ3v) is 10.2. The number of rotatable bonds is 5. The highest BCUT2D eigenvalue weighted by atomic mass is 16.6. The summed E-state index contributed by atoms with van der Waals surface area (Å²) in [6.07, 6.45) is 9.58. The van der Waals surface area contributed by atoms with E-state index in [0.717, 1.165) is 16.7 Å². The van der Waals surface area contributed by atoms with E-state index in [1.165, 1.54) is 7.11 Å². The Hall–Kier alpha value is -3.11. The van der Waals surface area contributed by atoms with E-state index in [1.807, 2.05) is 51.1 Å². The van der Waals surface area contributed by atoms with Crippen molar-refractivity contribution in [3.05, 3.63) is 71.6 Å². The van der Waals surface area contributed by atoms with Gasteiger partial charge in [0.25, 0.3) is 0 Å². The number of aromatic nitrogens is 1. The van der Waals surface area contributed by atoms with Gasteiger partial charge in [-0.3, -0.25) is 4.98 Å². The first kappa shape index (κ1) is 29.9. The number of nitrogens with zero attached hydrogens (tertiary/aromatic N) is 1. The largest absolute Gasteiger partial charge is 0.457 e. The highest BCUT2D eigenvalue weighted by Crippen LogP contribution is 2.61. The van der Waals surface area contributed by atoms with Crippen molar-refractivity contribution >= 4 is 17.5 Å². The molecule has 0 radical (unpaired) electrons. The van der Waals surface area contributed by atoms with E-state index in [1.54, 1.807) is 19.3 Å². The Morgan fingerprint density at radius 1 is 1.26 bits per heavy atom. The SMILES string of the molecule is CO[C@H]1C[C@H]2C=CC3C4C(O)[C@@H](C)[C@@H](OC(=O)C5=CC(c6cccnc6)=CC5)[C@@H]3O[C@]42/C(C)=C/[C@@H](C)[C@@H]([C@@H](C)O)OC1=O. The van der Waals surface area contributed by atoms with Crippen molar-refractivity contribution < 1.29 is 38.7 Å². The third kappa shape index (κ3) is 4.90. The lowest BCUT2D eigenvalue weighted by atomic mass is 9.57. The Bertz CT molecular complexity index is 1380. The second-order valence-corrected chi connectivity index (χ2v) is 12.8. The number of hydrogen-bond donors (Lipinski definition) is 2. The van der Waals surface area contributed by atoms with Gasteiger partial charge >= 0.3 is 11.9 Å². The molecule has 9 heteroatoms. The van der Waals surface area contributed by atoms with Gasteiger partial charge < -0.3 is 29.2 Å². The molecule has 1 saturated heterocycles. The Morgan fingerprint density at radius 2 is 2.05 bits per heavy atom. The molecule has 0 amide bonds. The maximum Gasteiger partial charge on any atom is 0.335 e. The van der Waals surface area contributed by atoms with Gasteiger partial charge in [0.15, 0.2) is 6.10 Å². The molecule has 3 aliphatic carbocycles. The van der Waals surface area contributed by atoms with Gasteiger partial charge in [0, 0.05) is 54.7 Å². The molecule has 5 aliphatic rings. The number of hydrogen-bond acceptors (Lipinski definition) is 9. The first-order chi connectivity index (χ1) is 20.6. The molecule has 3 unspecified atom stereocenters. The van der Waals surface area contributed by atoms with Crippen LogP contribution in [0.25, 0.3) is 5.57 Å². The summed E-state index contributed by atoms with van der Waals surface area (Å²) in [5, 5.41) is 22.4. The van der Waals surface area contributed by atoms with E-state index in [4.69, 9.17) is 18.9 Å². The normalized spacial score (nSPS) is 42.1. The summed E-state index contributed by atoms with van der Waals surface area (Å²) in [5.74, 6) is -2.49. The predicted molar refractivity (Wildman–Crippen MR) is 157 cm³/mol. The van der Waals surface area contributed by atoms with E-state index >= 15 is 0 Å². The number of carbonyl (C=O) groups is 2. The maximum absolute atomic E-state index is 13.5. The van der Waals surface area contributed by atoms with Crippen LogP contribution in [-0.4, -0.2) is 76.5 Å². The van der Waals surface area contributed by atoms with Gasteiger partial charge in [-0.2, -0.15) is 0 Å². The number of pyridine rings is 1. The molecule has 2 N–H and O–H groups in total. The summed E-state index contributed by atoms with van der Waals surface area (Å²) >= 11 is 0. The molecule has 1 aromatic rings. The molecule has 2 fully saturated rings. The number of methoxy groups -OCH3 is 1. The van der Waals surface area contributed by atoms with Gasteiger partial charge in [0.05, 0.1) is 12.2 Å². The van der Waals surface area contributed by atoms with Crippen molar-refractivity contribution in [1.82, 2.24) is 4.98 Å². The summed E-state index contributed by atoms with van der Waals surface area (Å²) in [7, 11) is 1.47.